The molecule has 0 unspecified atom stereocenters. The standard InChI is InChI=1S/C15H12N2O2/c1-9-4-3-5-11-8-12(19-15(9)11)14(18)13-10(2)16-6-7-17-13/h3-8H,1-2H3. The van der Waals surface area contributed by atoms with Crippen LogP contribution in [0, 0.1) is 13.8 Å². The second-order valence-corrected chi connectivity index (χ2v) is 4.42. The lowest BCUT2D eigenvalue weighted by Gasteiger charge is -1.99. The van der Waals surface area contributed by atoms with Crippen molar-refractivity contribution in [2.75, 3.05) is 0 Å². The summed E-state index contributed by atoms with van der Waals surface area (Å²) in [6.45, 7) is 3.71. The largest absolute Gasteiger partial charge is 0.452 e. The summed E-state index contributed by atoms with van der Waals surface area (Å²) in [5.41, 5.74) is 2.68. The van der Waals surface area contributed by atoms with Gasteiger partial charge in [0.15, 0.2) is 5.76 Å². The van der Waals surface area contributed by atoms with E-state index in [1.807, 2.05) is 25.1 Å². The third-order valence-electron chi connectivity index (χ3n) is 3.06. The van der Waals surface area contributed by atoms with Crippen LogP contribution in [0.25, 0.3) is 11.0 Å². The quantitative estimate of drug-likeness (QED) is 0.658. The number of fused-ring (bicyclic) bond motifs is 1. The number of para-hydroxylation sites is 1. The summed E-state index contributed by atoms with van der Waals surface area (Å²) < 4.78 is 5.65. The molecule has 0 atom stereocenters. The number of carbonyl (C=O) groups is 1. The van der Waals surface area contributed by atoms with Crippen molar-refractivity contribution in [3.8, 4) is 0 Å². The second-order valence-electron chi connectivity index (χ2n) is 4.42. The van der Waals surface area contributed by atoms with E-state index in [0.717, 1.165) is 16.5 Å². The van der Waals surface area contributed by atoms with Crippen molar-refractivity contribution >= 4 is 16.8 Å². The van der Waals surface area contributed by atoms with Crippen molar-refractivity contribution in [2.24, 2.45) is 0 Å². The molecule has 3 aromatic rings. The van der Waals surface area contributed by atoms with Gasteiger partial charge in [-0.2, -0.15) is 0 Å². The number of hydrogen-bond donors (Lipinski definition) is 0. The summed E-state index contributed by atoms with van der Waals surface area (Å²) in [5, 5.41) is 0.921. The van der Waals surface area contributed by atoms with Crippen LogP contribution < -0.4 is 0 Å². The molecular formula is C15H12N2O2. The summed E-state index contributed by atoms with van der Waals surface area (Å²) in [5.74, 6) is 0.0640. The Hall–Kier alpha value is -2.49. The molecule has 0 radical (unpaired) electrons. The van der Waals surface area contributed by atoms with Gasteiger partial charge in [0.2, 0.25) is 5.78 Å². The van der Waals surface area contributed by atoms with E-state index in [-0.39, 0.29) is 5.78 Å². The smallest absolute Gasteiger partial charge is 0.248 e. The molecule has 1 aromatic carbocycles. The van der Waals surface area contributed by atoms with E-state index in [4.69, 9.17) is 4.42 Å². The molecule has 0 saturated carbocycles. The summed E-state index contributed by atoms with van der Waals surface area (Å²) >= 11 is 0. The summed E-state index contributed by atoms with van der Waals surface area (Å²) in [6, 6.07) is 7.56. The number of carbonyl (C=O) groups excluding carboxylic acids is 1. The van der Waals surface area contributed by atoms with Crippen LogP contribution in [0.3, 0.4) is 0 Å². The lowest BCUT2D eigenvalue weighted by atomic mass is 10.1. The van der Waals surface area contributed by atoms with Crippen LogP contribution in [-0.4, -0.2) is 15.8 Å². The van der Waals surface area contributed by atoms with E-state index in [1.165, 1.54) is 6.20 Å². The van der Waals surface area contributed by atoms with Gasteiger partial charge in [0.1, 0.15) is 11.3 Å². The SMILES string of the molecule is Cc1nccnc1C(=O)c1cc2cccc(C)c2o1. The first-order chi connectivity index (χ1) is 9.16. The molecule has 0 spiro atoms. The van der Waals surface area contributed by atoms with E-state index < -0.39 is 0 Å². The van der Waals surface area contributed by atoms with Gasteiger partial charge in [0, 0.05) is 17.8 Å². The first-order valence-electron chi connectivity index (χ1n) is 5.98. The minimum Gasteiger partial charge on any atom is -0.452 e. The van der Waals surface area contributed by atoms with E-state index in [1.54, 1.807) is 19.2 Å². The fraction of sp³-hybridized carbons (Fsp3) is 0.133. The van der Waals surface area contributed by atoms with Crippen molar-refractivity contribution in [1.29, 1.82) is 0 Å². The molecule has 94 valence electrons. The van der Waals surface area contributed by atoms with Crippen molar-refractivity contribution in [2.45, 2.75) is 13.8 Å². The number of nitrogens with zero attached hydrogens (tertiary/aromatic N) is 2. The average molecular weight is 252 g/mol. The highest BCUT2D eigenvalue weighted by atomic mass is 16.3. The second kappa shape index (κ2) is 4.31. The normalized spacial score (nSPS) is 10.8. The summed E-state index contributed by atoms with van der Waals surface area (Å²) in [7, 11) is 0. The topological polar surface area (TPSA) is 56.0 Å². The highest BCUT2D eigenvalue weighted by Gasteiger charge is 2.18. The van der Waals surface area contributed by atoms with Gasteiger partial charge in [-0.25, -0.2) is 4.98 Å². The van der Waals surface area contributed by atoms with Crippen molar-refractivity contribution in [3.05, 3.63) is 59.4 Å². The molecule has 0 fully saturated rings. The van der Waals surface area contributed by atoms with Crippen LogP contribution in [-0.2, 0) is 0 Å². The number of aryl methyl sites for hydroxylation is 2. The molecule has 0 bridgehead atoms. The molecule has 2 aromatic heterocycles. The highest BCUT2D eigenvalue weighted by Crippen LogP contribution is 2.24. The van der Waals surface area contributed by atoms with E-state index in [2.05, 4.69) is 9.97 Å². The number of ketones is 1. The molecule has 0 aliphatic carbocycles. The molecule has 0 aliphatic heterocycles. The third kappa shape index (κ3) is 1.91. The number of aromatic nitrogens is 2. The van der Waals surface area contributed by atoms with Crippen LogP contribution in [0.4, 0.5) is 0 Å². The van der Waals surface area contributed by atoms with E-state index in [9.17, 15) is 4.79 Å². The third-order valence-corrected chi connectivity index (χ3v) is 3.06. The van der Waals surface area contributed by atoms with Crippen molar-refractivity contribution in [3.63, 3.8) is 0 Å². The molecule has 4 nitrogen and oxygen atoms in total. The van der Waals surface area contributed by atoms with Gasteiger partial charge in [0.05, 0.1) is 5.69 Å². The lowest BCUT2D eigenvalue weighted by Crippen LogP contribution is -2.06. The Kier molecular flexibility index (Phi) is 2.63. The zero-order valence-corrected chi connectivity index (χ0v) is 10.7. The van der Waals surface area contributed by atoms with Crippen LogP contribution >= 0.6 is 0 Å². The predicted molar refractivity (Wildman–Crippen MR) is 71.2 cm³/mol. The van der Waals surface area contributed by atoms with Gasteiger partial charge < -0.3 is 4.42 Å². The van der Waals surface area contributed by atoms with Gasteiger partial charge in [-0.05, 0) is 25.5 Å². The van der Waals surface area contributed by atoms with E-state index >= 15 is 0 Å². The Morgan fingerprint density at radius 1 is 1.16 bits per heavy atom. The molecule has 0 saturated heterocycles. The zero-order chi connectivity index (χ0) is 13.4. The van der Waals surface area contributed by atoms with Crippen molar-refractivity contribution in [1.82, 2.24) is 9.97 Å². The number of rotatable bonds is 2. The van der Waals surface area contributed by atoms with Crippen LogP contribution in [0.5, 0.6) is 0 Å². The van der Waals surface area contributed by atoms with Gasteiger partial charge in [-0.15, -0.1) is 0 Å². The molecule has 4 heteroatoms. The fourth-order valence-electron chi connectivity index (χ4n) is 2.07. The first-order valence-corrected chi connectivity index (χ1v) is 5.98. The summed E-state index contributed by atoms with van der Waals surface area (Å²) in [4.78, 5) is 20.5. The minimum atomic E-state index is -0.235. The molecule has 0 amide bonds. The zero-order valence-electron chi connectivity index (χ0n) is 10.7. The number of hydrogen-bond acceptors (Lipinski definition) is 4. The maximum Gasteiger partial charge on any atom is 0.248 e. The highest BCUT2D eigenvalue weighted by molar-refractivity contribution is 6.08. The van der Waals surface area contributed by atoms with Crippen LogP contribution in [0.15, 0.2) is 41.1 Å². The Bertz CT molecular complexity index is 775. The number of benzene rings is 1. The van der Waals surface area contributed by atoms with Crippen molar-refractivity contribution < 1.29 is 9.21 Å². The fourth-order valence-corrected chi connectivity index (χ4v) is 2.07. The summed E-state index contributed by atoms with van der Waals surface area (Å²) in [6.07, 6.45) is 3.07. The average Bonchev–Trinajstić information content (AvgIpc) is 2.84. The lowest BCUT2D eigenvalue weighted by molar-refractivity contribution is 0.101. The number of furan rings is 1. The van der Waals surface area contributed by atoms with E-state index in [0.29, 0.717) is 17.1 Å². The Morgan fingerprint density at radius 2 is 1.95 bits per heavy atom. The first kappa shape index (κ1) is 11.6. The molecule has 3 rings (SSSR count). The maximum absolute atomic E-state index is 12.4. The monoisotopic (exact) mass is 252 g/mol. The molecular weight excluding hydrogens is 240 g/mol. The Morgan fingerprint density at radius 3 is 2.68 bits per heavy atom. The Labute approximate surface area is 110 Å². The minimum absolute atomic E-state index is 0.235. The van der Waals surface area contributed by atoms with Gasteiger partial charge in [-0.1, -0.05) is 18.2 Å². The van der Waals surface area contributed by atoms with Crippen LogP contribution in [0.2, 0.25) is 0 Å². The predicted octanol–water partition coefficient (Wildman–Crippen LogP) is 3.07. The maximum atomic E-state index is 12.4. The van der Waals surface area contributed by atoms with Gasteiger partial charge in [0.25, 0.3) is 0 Å². The molecule has 0 aliphatic rings. The molecule has 0 N–H and O–H groups in total. The Balaban J connectivity index is 2.12. The van der Waals surface area contributed by atoms with Crippen LogP contribution in [0.1, 0.15) is 27.5 Å². The molecule has 19 heavy (non-hydrogen) atoms. The molecule has 2 heterocycles. The van der Waals surface area contributed by atoms with Gasteiger partial charge in [-0.3, -0.25) is 9.78 Å². The van der Waals surface area contributed by atoms with Gasteiger partial charge >= 0.3 is 0 Å².